The first kappa shape index (κ1) is 8.55. The number of rotatable bonds is 1. The van der Waals surface area contributed by atoms with Gasteiger partial charge in [-0.25, -0.2) is 4.98 Å². The van der Waals surface area contributed by atoms with E-state index >= 15 is 0 Å². The van der Waals surface area contributed by atoms with Crippen molar-refractivity contribution in [3.05, 3.63) is 35.2 Å². The van der Waals surface area contributed by atoms with Gasteiger partial charge in [-0.05, 0) is 25.5 Å². The van der Waals surface area contributed by atoms with Gasteiger partial charge in [0.1, 0.15) is 5.69 Å². The third-order valence-electron chi connectivity index (χ3n) is 1.39. The quantitative estimate of drug-likeness (QED) is 0.571. The molecule has 1 rings (SSSR count). The Kier molecular flexibility index (Phi) is 2.66. The van der Waals surface area contributed by atoms with Crippen LogP contribution in [0.2, 0.25) is 0 Å². The van der Waals surface area contributed by atoms with Crippen molar-refractivity contribution in [3.8, 4) is 12.3 Å². The molecule has 12 heavy (non-hydrogen) atoms. The fourth-order valence-electron chi connectivity index (χ4n) is 0.909. The summed E-state index contributed by atoms with van der Waals surface area (Å²) in [7, 11) is 0. The molecule has 1 heterocycles. The summed E-state index contributed by atoms with van der Waals surface area (Å²) in [5.41, 5.74) is 3.03. The van der Waals surface area contributed by atoms with Crippen LogP contribution in [0, 0.1) is 12.3 Å². The Morgan fingerprint density at radius 1 is 1.50 bits per heavy atom. The van der Waals surface area contributed by atoms with E-state index < -0.39 is 0 Å². The largest absolute Gasteiger partial charge is 0.247 e. The van der Waals surface area contributed by atoms with Crippen molar-refractivity contribution < 1.29 is 0 Å². The van der Waals surface area contributed by atoms with Crippen LogP contribution in [0.25, 0.3) is 6.08 Å². The molecule has 0 aliphatic heterocycles. The molecule has 0 spiro atoms. The molecule has 60 valence electrons. The van der Waals surface area contributed by atoms with E-state index in [0.717, 1.165) is 5.56 Å². The van der Waals surface area contributed by atoms with Crippen LogP contribution in [0.4, 0.5) is 0 Å². The standard InChI is InChI=1S/C11H11N/c1-4-11-6-5-10(8-12-11)7-9(2)3/h1,5-8H,2-3H3. The topological polar surface area (TPSA) is 12.9 Å². The molecule has 0 saturated carbocycles. The minimum absolute atomic E-state index is 0.681. The number of hydrogen-bond donors (Lipinski definition) is 0. The van der Waals surface area contributed by atoms with Gasteiger partial charge in [-0.1, -0.05) is 23.6 Å². The Balaban J connectivity index is 2.95. The third kappa shape index (κ3) is 2.25. The molecule has 0 bridgehead atoms. The van der Waals surface area contributed by atoms with E-state index in [1.807, 2.05) is 12.1 Å². The van der Waals surface area contributed by atoms with Crippen molar-refractivity contribution in [1.82, 2.24) is 4.98 Å². The van der Waals surface area contributed by atoms with E-state index in [1.165, 1.54) is 5.57 Å². The van der Waals surface area contributed by atoms with Gasteiger partial charge in [0, 0.05) is 6.20 Å². The van der Waals surface area contributed by atoms with Crippen LogP contribution in [0.3, 0.4) is 0 Å². The highest BCUT2D eigenvalue weighted by molar-refractivity contribution is 5.51. The molecule has 1 heteroatoms. The Hall–Kier alpha value is -1.55. The SMILES string of the molecule is C#Cc1ccc(C=C(C)C)cn1. The van der Waals surface area contributed by atoms with Crippen LogP contribution in [0.15, 0.2) is 23.9 Å². The second-order valence-electron chi connectivity index (χ2n) is 2.84. The van der Waals surface area contributed by atoms with E-state index in [2.05, 4.69) is 30.8 Å². The number of terminal acetylenes is 1. The average Bonchev–Trinajstić information content (AvgIpc) is 2.05. The molecule has 0 amide bonds. The Labute approximate surface area is 73.2 Å². The maximum absolute atomic E-state index is 5.17. The van der Waals surface area contributed by atoms with Crippen LogP contribution >= 0.6 is 0 Å². The number of pyridine rings is 1. The van der Waals surface area contributed by atoms with Crippen molar-refractivity contribution in [1.29, 1.82) is 0 Å². The summed E-state index contributed by atoms with van der Waals surface area (Å²) in [5, 5.41) is 0. The zero-order valence-corrected chi connectivity index (χ0v) is 7.33. The van der Waals surface area contributed by atoms with Crippen LogP contribution in [0.1, 0.15) is 25.1 Å². The van der Waals surface area contributed by atoms with Gasteiger partial charge in [0.05, 0.1) is 0 Å². The van der Waals surface area contributed by atoms with Crippen LogP contribution in [0.5, 0.6) is 0 Å². The van der Waals surface area contributed by atoms with E-state index in [1.54, 1.807) is 6.20 Å². The molecule has 0 aliphatic carbocycles. The van der Waals surface area contributed by atoms with Gasteiger partial charge in [0.2, 0.25) is 0 Å². The van der Waals surface area contributed by atoms with Gasteiger partial charge in [-0.15, -0.1) is 6.42 Å². The summed E-state index contributed by atoms with van der Waals surface area (Å²) >= 11 is 0. The van der Waals surface area contributed by atoms with Crippen LogP contribution < -0.4 is 0 Å². The molecule has 0 saturated heterocycles. The molecule has 0 N–H and O–H groups in total. The maximum Gasteiger partial charge on any atom is 0.112 e. The molecule has 0 unspecified atom stereocenters. The molecule has 1 aromatic heterocycles. The highest BCUT2D eigenvalue weighted by Gasteiger charge is 1.89. The predicted molar refractivity (Wildman–Crippen MR) is 51.5 cm³/mol. The fraction of sp³-hybridized carbons (Fsp3) is 0.182. The normalized spacial score (nSPS) is 8.75. The van der Waals surface area contributed by atoms with Crippen molar-refractivity contribution in [2.75, 3.05) is 0 Å². The minimum atomic E-state index is 0.681. The van der Waals surface area contributed by atoms with Crippen LogP contribution in [-0.4, -0.2) is 4.98 Å². The fourth-order valence-corrected chi connectivity index (χ4v) is 0.909. The molecule has 0 fully saturated rings. The first-order valence-corrected chi connectivity index (χ1v) is 3.80. The molecular formula is C11H11N. The lowest BCUT2D eigenvalue weighted by Crippen LogP contribution is -1.82. The van der Waals surface area contributed by atoms with Crippen molar-refractivity contribution in [2.45, 2.75) is 13.8 Å². The monoisotopic (exact) mass is 157 g/mol. The van der Waals surface area contributed by atoms with E-state index in [9.17, 15) is 0 Å². The zero-order chi connectivity index (χ0) is 8.97. The van der Waals surface area contributed by atoms with Gasteiger partial charge >= 0.3 is 0 Å². The second kappa shape index (κ2) is 3.73. The van der Waals surface area contributed by atoms with Gasteiger partial charge in [0.25, 0.3) is 0 Å². The van der Waals surface area contributed by atoms with Gasteiger partial charge in [-0.2, -0.15) is 0 Å². The summed E-state index contributed by atoms with van der Waals surface area (Å²) < 4.78 is 0. The molecule has 1 nitrogen and oxygen atoms in total. The Morgan fingerprint density at radius 2 is 2.25 bits per heavy atom. The lowest BCUT2D eigenvalue weighted by Gasteiger charge is -1.94. The average molecular weight is 157 g/mol. The molecular weight excluding hydrogens is 146 g/mol. The van der Waals surface area contributed by atoms with E-state index in [4.69, 9.17) is 6.42 Å². The zero-order valence-electron chi connectivity index (χ0n) is 7.33. The Bertz CT molecular complexity index is 321. The molecule has 0 atom stereocenters. The number of aromatic nitrogens is 1. The number of hydrogen-bond acceptors (Lipinski definition) is 1. The lowest BCUT2D eigenvalue weighted by molar-refractivity contribution is 1.27. The third-order valence-corrected chi connectivity index (χ3v) is 1.39. The lowest BCUT2D eigenvalue weighted by atomic mass is 10.2. The smallest absolute Gasteiger partial charge is 0.112 e. The molecule has 1 aromatic rings. The molecule has 0 radical (unpaired) electrons. The van der Waals surface area contributed by atoms with Crippen molar-refractivity contribution >= 4 is 6.08 Å². The summed E-state index contributed by atoms with van der Waals surface area (Å²) in [4.78, 5) is 4.07. The van der Waals surface area contributed by atoms with E-state index in [-0.39, 0.29) is 0 Å². The Morgan fingerprint density at radius 3 is 2.67 bits per heavy atom. The van der Waals surface area contributed by atoms with Crippen LogP contribution in [-0.2, 0) is 0 Å². The summed E-state index contributed by atoms with van der Waals surface area (Å²) in [6.07, 6.45) is 9.02. The predicted octanol–water partition coefficient (Wildman–Crippen LogP) is 2.49. The minimum Gasteiger partial charge on any atom is -0.247 e. The summed E-state index contributed by atoms with van der Waals surface area (Å²) in [5.74, 6) is 2.48. The van der Waals surface area contributed by atoms with Gasteiger partial charge in [-0.3, -0.25) is 0 Å². The second-order valence-corrected chi connectivity index (χ2v) is 2.84. The first-order valence-electron chi connectivity index (χ1n) is 3.80. The van der Waals surface area contributed by atoms with Crippen molar-refractivity contribution in [3.63, 3.8) is 0 Å². The highest BCUT2D eigenvalue weighted by atomic mass is 14.7. The first-order chi connectivity index (χ1) is 5.72. The number of nitrogens with zero attached hydrogens (tertiary/aromatic N) is 1. The van der Waals surface area contributed by atoms with Gasteiger partial charge < -0.3 is 0 Å². The molecule has 0 aliphatic rings. The summed E-state index contributed by atoms with van der Waals surface area (Å²) in [6, 6.07) is 3.81. The summed E-state index contributed by atoms with van der Waals surface area (Å²) in [6.45, 7) is 4.10. The van der Waals surface area contributed by atoms with Gasteiger partial charge in [0.15, 0.2) is 0 Å². The van der Waals surface area contributed by atoms with Crippen molar-refractivity contribution in [2.24, 2.45) is 0 Å². The van der Waals surface area contributed by atoms with E-state index in [0.29, 0.717) is 5.69 Å². The number of allylic oxidation sites excluding steroid dienone is 1. The molecule has 0 aromatic carbocycles. The maximum atomic E-state index is 5.17. The highest BCUT2D eigenvalue weighted by Crippen LogP contribution is 2.04.